The van der Waals surface area contributed by atoms with E-state index in [2.05, 4.69) is 0 Å². The number of ether oxygens (including phenoxy) is 1. The number of rotatable bonds is 8. The number of hydrogen-bond acceptors (Lipinski definition) is 5. The Hall–Kier alpha value is -3.05. The van der Waals surface area contributed by atoms with E-state index in [1.165, 1.54) is 0 Å². The third kappa shape index (κ3) is 5.99. The molecule has 11 heteroatoms. The lowest BCUT2D eigenvalue weighted by molar-refractivity contribution is -0.139. The van der Waals surface area contributed by atoms with Gasteiger partial charge in [-0.3, -0.25) is 0 Å². The Balaban J connectivity index is 1.96. The largest absolute Gasteiger partial charge is 0.480 e. The van der Waals surface area contributed by atoms with Crippen molar-refractivity contribution < 1.29 is 36.6 Å². The van der Waals surface area contributed by atoms with Crippen LogP contribution >= 0.6 is 0 Å². The smallest absolute Gasteiger partial charge is 0.408 e. The molecule has 1 amide bonds. The van der Waals surface area contributed by atoms with Gasteiger partial charge in [0, 0.05) is 12.6 Å². The van der Waals surface area contributed by atoms with Crippen LogP contribution in [0.15, 0.2) is 53.4 Å². The van der Waals surface area contributed by atoms with Gasteiger partial charge in [0.1, 0.15) is 29.2 Å². The van der Waals surface area contributed by atoms with Crippen molar-refractivity contribution in [1.29, 1.82) is 0 Å². The summed E-state index contributed by atoms with van der Waals surface area (Å²) < 4.78 is 57.4. The van der Waals surface area contributed by atoms with Crippen molar-refractivity contribution in [2.75, 3.05) is 6.54 Å². The van der Waals surface area contributed by atoms with Gasteiger partial charge in [-0.15, -0.1) is 0 Å². The van der Waals surface area contributed by atoms with E-state index in [9.17, 15) is 26.8 Å². The van der Waals surface area contributed by atoms with E-state index >= 15 is 0 Å². The van der Waals surface area contributed by atoms with Crippen molar-refractivity contribution in [3.8, 4) is 0 Å². The molecule has 2 rings (SSSR count). The Morgan fingerprint density at radius 1 is 1.11 bits per heavy atom. The summed E-state index contributed by atoms with van der Waals surface area (Å²) in [4.78, 5) is 22.1. The van der Waals surface area contributed by atoms with Gasteiger partial charge in [0.15, 0.2) is 0 Å². The van der Waals surface area contributed by atoms with E-state index in [1.54, 1.807) is 30.3 Å². The molecule has 1 atom stereocenters. The number of alkyl carbamates (subject to hydrolysis) is 1. The first-order valence-electron chi connectivity index (χ1n) is 7.84. The quantitative estimate of drug-likeness (QED) is 0.604. The summed E-state index contributed by atoms with van der Waals surface area (Å²) in [6, 6.07) is 8.72. The van der Waals surface area contributed by atoms with Crippen LogP contribution in [0.1, 0.15) is 5.56 Å². The van der Waals surface area contributed by atoms with Crippen LogP contribution in [0.2, 0.25) is 0 Å². The van der Waals surface area contributed by atoms with Gasteiger partial charge in [0.2, 0.25) is 10.0 Å². The Morgan fingerprint density at radius 2 is 1.79 bits per heavy atom. The molecule has 2 aromatic rings. The number of halogens is 2. The molecule has 3 N–H and O–H groups in total. The number of carboxylic acids is 1. The molecule has 0 spiro atoms. The van der Waals surface area contributed by atoms with Crippen molar-refractivity contribution in [2.45, 2.75) is 17.5 Å². The zero-order valence-electron chi connectivity index (χ0n) is 14.3. The molecule has 0 aliphatic carbocycles. The maximum Gasteiger partial charge on any atom is 0.408 e. The van der Waals surface area contributed by atoms with Crippen LogP contribution < -0.4 is 10.0 Å². The maximum atomic E-state index is 13.6. The fraction of sp³-hybridized carbons (Fsp3) is 0.176. The third-order valence-corrected chi connectivity index (χ3v) is 4.92. The van der Waals surface area contributed by atoms with Crippen LogP contribution in [0.25, 0.3) is 0 Å². The van der Waals surface area contributed by atoms with E-state index in [0.29, 0.717) is 17.7 Å². The zero-order chi connectivity index (χ0) is 20.7. The summed E-state index contributed by atoms with van der Waals surface area (Å²) in [5, 5.41) is 11.1. The number of carboxylic acid groups (broad SMARTS) is 1. The fourth-order valence-electron chi connectivity index (χ4n) is 2.07. The molecule has 0 heterocycles. The second-order valence-corrected chi connectivity index (χ2v) is 7.26. The normalized spacial score (nSPS) is 12.2. The predicted molar refractivity (Wildman–Crippen MR) is 92.7 cm³/mol. The highest BCUT2D eigenvalue weighted by molar-refractivity contribution is 7.89. The van der Waals surface area contributed by atoms with Crippen molar-refractivity contribution in [3.05, 3.63) is 65.7 Å². The van der Waals surface area contributed by atoms with Crippen molar-refractivity contribution in [2.24, 2.45) is 0 Å². The predicted octanol–water partition coefficient (Wildman–Crippen LogP) is 1.62. The molecule has 0 aliphatic heterocycles. The molecule has 0 radical (unpaired) electrons. The highest BCUT2D eigenvalue weighted by atomic mass is 32.2. The summed E-state index contributed by atoms with van der Waals surface area (Å²) in [7, 11) is -4.47. The first kappa shape index (κ1) is 21.3. The highest BCUT2D eigenvalue weighted by Gasteiger charge is 2.25. The van der Waals surface area contributed by atoms with Crippen LogP contribution in [0, 0.1) is 11.6 Å². The van der Waals surface area contributed by atoms with Gasteiger partial charge in [-0.2, -0.15) is 0 Å². The second-order valence-electron chi connectivity index (χ2n) is 5.52. The van der Waals surface area contributed by atoms with E-state index < -0.39 is 51.2 Å². The minimum atomic E-state index is -4.47. The maximum absolute atomic E-state index is 13.6. The summed E-state index contributed by atoms with van der Waals surface area (Å²) in [6.45, 7) is -0.902. The van der Waals surface area contributed by atoms with E-state index in [1.807, 2.05) is 10.0 Å². The summed E-state index contributed by atoms with van der Waals surface area (Å²) in [6.07, 6.45) is -1.08. The van der Waals surface area contributed by atoms with Gasteiger partial charge in [0.05, 0.1) is 0 Å². The van der Waals surface area contributed by atoms with E-state index in [-0.39, 0.29) is 6.61 Å². The molecule has 8 nitrogen and oxygen atoms in total. The van der Waals surface area contributed by atoms with Crippen LogP contribution in [-0.4, -0.2) is 38.2 Å². The lowest BCUT2D eigenvalue weighted by atomic mass is 10.2. The molecule has 0 saturated carbocycles. The minimum Gasteiger partial charge on any atom is -0.480 e. The first-order valence-corrected chi connectivity index (χ1v) is 9.32. The lowest BCUT2D eigenvalue weighted by Crippen LogP contribution is -2.48. The number of hydrogen-bond donors (Lipinski definition) is 3. The van der Waals surface area contributed by atoms with Crippen LogP contribution in [0.5, 0.6) is 0 Å². The van der Waals surface area contributed by atoms with Crippen LogP contribution in [0.4, 0.5) is 13.6 Å². The zero-order valence-corrected chi connectivity index (χ0v) is 15.1. The molecule has 0 aromatic heterocycles. The topological polar surface area (TPSA) is 122 Å². The standard InChI is InChI=1S/C17H16F2N2O6S/c18-12-6-7-15(13(19)8-12)28(25,26)20-9-14(16(22)23)21-17(24)27-10-11-4-2-1-3-5-11/h1-8,14,20H,9-10H2,(H,21,24)(H,22,23). The molecule has 150 valence electrons. The summed E-state index contributed by atoms with van der Waals surface area (Å²) in [5.41, 5.74) is 0.664. The SMILES string of the molecule is O=C(NC(CNS(=O)(=O)c1ccc(F)cc1F)C(=O)O)OCc1ccccc1. The van der Waals surface area contributed by atoms with E-state index in [4.69, 9.17) is 9.84 Å². The number of benzene rings is 2. The van der Waals surface area contributed by atoms with Crippen molar-refractivity contribution in [3.63, 3.8) is 0 Å². The molecule has 0 bridgehead atoms. The molecular weight excluding hydrogens is 398 g/mol. The molecule has 2 aromatic carbocycles. The molecule has 1 unspecified atom stereocenters. The van der Waals surface area contributed by atoms with Gasteiger partial charge in [-0.1, -0.05) is 30.3 Å². The average Bonchev–Trinajstić information content (AvgIpc) is 2.63. The number of aliphatic carboxylic acids is 1. The number of carbonyl (C=O) groups is 2. The monoisotopic (exact) mass is 414 g/mol. The molecular formula is C17H16F2N2O6S. The van der Waals surface area contributed by atoms with Crippen molar-refractivity contribution >= 4 is 22.1 Å². The summed E-state index contributed by atoms with van der Waals surface area (Å²) >= 11 is 0. The lowest BCUT2D eigenvalue weighted by Gasteiger charge is -2.16. The number of amides is 1. The van der Waals surface area contributed by atoms with Gasteiger partial charge in [0.25, 0.3) is 0 Å². The number of nitrogens with one attached hydrogen (secondary N) is 2. The van der Waals surface area contributed by atoms with Gasteiger partial charge in [-0.25, -0.2) is 31.5 Å². The van der Waals surface area contributed by atoms with Gasteiger partial charge in [-0.05, 0) is 17.7 Å². The Labute approximate surface area is 159 Å². The van der Waals surface area contributed by atoms with Crippen LogP contribution in [0.3, 0.4) is 0 Å². The first-order chi connectivity index (χ1) is 13.2. The molecule has 0 fully saturated rings. The van der Waals surface area contributed by atoms with Crippen molar-refractivity contribution in [1.82, 2.24) is 10.0 Å². The van der Waals surface area contributed by atoms with Gasteiger partial charge >= 0.3 is 12.1 Å². The van der Waals surface area contributed by atoms with Gasteiger partial charge < -0.3 is 15.2 Å². The van der Waals surface area contributed by atoms with Crippen LogP contribution in [-0.2, 0) is 26.2 Å². The number of sulfonamides is 1. The minimum absolute atomic E-state index is 0.120. The summed E-state index contributed by atoms with van der Waals surface area (Å²) in [5.74, 6) is -3.85. The molecule has 0 saturated heterocycles. The average molecular weight is 414 g/mol. The number of carbonyl (C=O) groups excluding carboxylic acids is 1. The Bertz CT molecular complexity index is 953. The third-order valence-electron chi connectivity index (χ3n) is 3.46. The fourth-order valence-corrected chi connectivity index (χ4v) is 3.18. The second kappa shape index (κ2) is 9.24. The molecule has 28 heavy (non-hydrogen) atoms. The Kier molecular flexibility index (Phi) is 7.01. The Morgan fingerprint density at radius 3 is 2.39 bits per heavy atom. The van der Waals surface area contributed by atoms with E-state index in [0.717, 1.165) is 6.07 Å². The highest BCUT2D eigenvalue weighted by Crippen LogP contribution is 2.15. The molecule has 0 aliphatic rings.